The summed E-state index contributed by atoms with van der Waals surface area (Å²) in [7, 11) is 1.75. The fraction of sp³-hybridized carbons (Fsp3) is 0.429. The van der Waals surface area contributed by atoms with Gasteiger partial charge in [0.1, 0.15) is 0 Å². The minimum absolute atomic E-state index is 0.0935. The monoisotopic (exact) mass is 230 g/mol. The van der Waals surface area contributed by atoms with Crippen LogP contribution in [0.5, 0.6) is 0 Å². The van der Waals surface area contributed by atoms with Crippen molar-refractivity contribution in [3.05, 3.63) is 35.9 Å². The number of nitrogens with zero attached hydrogens (tertiary/aromatic N) is 2. The number of rotatable bonds is 5. The third kappa shape index (κ3) is 4.69. The normalized spacial score (nSPS) is 11.6. The summed E-state index contributed by atoms with van der Waals surface area (Å²) in [6, 6.07) is 12.1. The molecule has 0 fully saturated rings. The van der Waals surface area contributed by atoms with Crippen LogP contribution in [0.2, 0.25) is 0 Å². The average molecular weight is 230 g/mol. The first-order chi connectivity index (χ1) is 8.13. The van der Waals surface area contributed by atoms with E-state index in [1.54, 1.807) is 11.9 Å². The Morgan fingerprint density at radius 2 is 2.06 bits per heavy atom. The summed E-state index contributed by atoms with van der Waals surface area (Å²) in [5.41, 5.74) is 1.17. The highest BCUT2D eigenvalue weighted by molar-refractivity contribution is 5.76. The molecule has 0 heterocycles. The first kappa shape index (κ1) is 13.2. The van der Waals surface area contributed by atoms with E-state index in [-0.39, 0.29) is 11.8 Å². The number of nitriles is 1. The molecule has 17 heavy (non-hydrogen) atoms. The molecular weight excluding hydrogens is 212 g/mol. The second-order valence-corrected chi connectivity index (χ2v) is 4.29. The number of hydrogen-bond acceptors (Lipinski definition) is 2. The van der Waals surface area contributed by atoms with E-state index in [9.17, 15) is 4.79 Å². The van der Waals surface area contributed by atoms with Crippen molar-refractivity contribution in [2.24, 2.45) is 5.92 Å². The second-order valence-electron chi connectivity index (χ2n) is 4.29. The van der Waals surface area contributed by atoms with Gasteiger partial charge in [0.15, 0.2) is 0 Å². The average Bonchev–Trinajstić information content (AvgIpc) is 2.36. The molecule has 0 saturated heterocycles. The van der Waals surface area contributed by atoms with Gasteiger partial charge in [-0.1, -0.05) is 30.3 Å². The quantitative estimate of drug-likeness (QED) is 0.778. The van der Waals surface area contributed by atoms with Crippen LogP contribution in [0.4, 0.5) is 0 Å². The van der Waals surface area contributed by atoms with E-state index in [0.717, 1.165) is 6.42 Å². The molecule has 0 bridgehead atoms. The third-order valence-corrected chi connectivity index (χ3v) is 2.66. The van der Waals surface area contributed by atoms with E-state index in [1.807, 2.05) is 37.3 Å². The number of carbonyl (C=O) groups excluding carboxylic acids is 1. The van der Waals surface area contributed by atoms with Crippen LogP contribution >= 0.6 is 0 Å². The fourth-order valence-corrected chi connectivity index (χ4v) is 1.64. The predicted octanol–water partition coefficient (Wildman–Crippen LogP) is 2.24. The summed E-state index contributed by atoms with van der Waals surface area (Å²) < 4.78 is 0. The van der Waals surface area contributed by atoms with E-state index in [0.29, 0.717) is 13.0 Å². The van der Waals surface area contributed by atoms with Gasteiger partial charge in [0.05, 0.1) is 12.0 Å². The third-order valence-electron chi connectivity index (χ3n) is 2.66. The minimum atomic E-state index is -0.110. The van der Waals surface area contributed by atoms with Gasteiger partial charge in [-0.25, -0.2) is 0 Å². The van der Waals surface area contributed by atoms with Crippen molar-refractivity contribution in [1.29, 1.82) is 5.26 Å². The van der Waals surface area contributed by atoms with Crippen LogP contribution < -0.4 is 0 Å². The summed E-state index contributed by atoms with van der Waals surface area (Å²) in [5, 5.41) is 8.69. The summed E-state index contributed by atoms with van der Waals surface area (Å²) in [4.78, 5) is 13.4. The Labute approximate surface area is 103 Å². The summed E-state index contributed by atoms with van der Waals surface area (Å²) in [6.07, 6.45) is 1.25. The van der Waals surface area contributed by atoms with Gasteiger partial charge in [0.2, 0.25) is 5.91 Å². The lowest BCUT2D eigenvalue weighted by Gasteiger charge is -2.18. The van der Waals surface area contributed by atoms with Gasteiger partial charge in [-0.05, 0) is 18.9 Å². The van der Waals surface area contributed by atoms with Gasteiger partial charge in [0.25, 0.3) is 0 Å². The van der Waals surface area contributed by atoms with Crippen molar-refractivity contribution in [2.75, 3.05) is 13.6 Å². The largest absolute Gasteiger partial charge is 0.344 e. The molecule has 3 nitrogen and oxygen atoms in total. The SMILES string of the molecule is CC(C#N)CN(C)C(=O)CCc1ccccc1. The Bertz CT molecular complexity index is 394. The minimum Gasteiger partial charge on any atom is -0.344 e. The zero-order valence-electron chi connectivity index (χ0n) is 10.4. The van der Waals surface area contributed by atoms with Crippen molar-refractivity contribution < 1.29 is 4.79 Å². The number of benzene rings is 1. The molecular formula is C14H18N2O. The lowest BCUT2D eigenvalue weighted by Crippen LogP contribution is -2.30. The molecule has 0 radical (unpaired) electrons. The lowest BCUT2D eigenvalue weighted by atomic mass is 10.1. The van der Waals surface area contributed by atoms with Crippen molar-refractivity contribution in [3.63, 3.8) is 0 Å². The topological polar surface area (TPSA) is 44.1 Å². The molecule has 0 aromatic heterocycles. The predicted molar refractivity (Wildman–Crippen MR) is 67.2 cm³/mol. The zero-order chi connectivity index (χ0) is 12.7. The van der Waals surface area contributed by atoms with Crippen LogP contribution in [-0.2, 0) is 11.2 Å². The van der Waals surface area contributed by atoms with E-state index >= 15 is 0 Å². The highest BCUT2D eigenvalue weighted by atomic mass is 16.2. The molecule has 0 saturated carbocycles. The molecule has 0 spiro atoms. The maximum Gasteiger partial charge on any atom is 0.222 e. The van der Waals surface area contributed by atoms with Gasteiger partial charge in [0, 0.05) is 20.0 Å². The molecule has 1 aromatic carbocycles. The first-order valence-electron chi connectivity index (χ1n) is 5.81. The Hall–Kier alpha value is -1.82. The number of hydrogen-bond donors (Lipinski definition) is 0. The van der Waals surface area contributed by atoms with Gasteiger partial charge in [-0.15, -0.1) is 0 Å². The van der Waals surface area contributed by atoms with Crippen LogP contribution in [0.15, 0.2) is 30.3 Å². The van der Waals surface area contributed by atoms with Crippen molar-refractivity contribution >= 4 is 5.91 Å². The molecule has 0 aliphatic carbocycles. The number of amides is 1. The highest BCUT2D eigenvalue weighted by Gasteiger charge is 2.11. The van der Waals surface area contributed by atoms with Gasteiger partial charge < -0.3 is 4.90 Å². The zero-order valence-corrected chi connectivity index (χ0v) is 10.4. The maximum atomic E-state index is 11.8. The maximum absolute atomic E-state index is 11.8. The molecule has 1 unspecified atom stereocenters. The Kier molecular flexibility index (Phi) is 5.22. The molecule has 1 amide bonds. The highest BCUT2D eigenvalue weighted by Crippen LogP contribution is 2.05. The van der Waals surface area contributed by atoms with Crippen molar-refractivity contribution in [2.45, 2.75) is 19.8 Å². The number of aryl methyl sites for hydroxylation is 1. The first-order valence-corrected chi connectivity index (χ1v) is 5.81. The summed E-state index contributed by atoms with van der Waals surface area (Å²) >= 11 is 0. The lowest BCUT2D eigenvalue weighted by molar-refractivity contribution is -0.130. The second kappa shape index (κ2) is 6.70. The van der Waals surface area contributed by atoms with E-state index < -0.39 is 0 Å². The van der Waals surface area contributed by atoms with Gasteiger partial charge >= 0.3 is 0 Å². The molecule has 0 aliphatic rings. The van der Waals surface area contributed by atoms with Crippen LogP contribution in [0.25, 0.3) is 0 Å². The standard InChI is InChI=1S/C14H18N2O/c1-12(10-15)11-16(2)14(17)9-8-13-6-4-3-5-7-13/h3-7,12H,8-9,11H2,1-2H3. The van der Waals surface area contributed by atoms with E-state index in [4.69, 9.17) is 5.26 Å². The molecule has 90 valence electrons. The smallest absolute Gasteiger partial charge is 0.222 e. The molecule has 1 rings (SSSR count). The molecule has 0 aliphatic heterocycles. The van der Waals surface area contributed by atoms with Crippen molar-refractivity contribution in [1.82, 2.24) is 4.90 Å². The Morgan fingerprint density at radius 3 is 2.65 bits per heavy atom. The van der Waals surface area contributed by atoms with E-state index in [2.05, 4.69) is 6.07 Å². The molecule has 1 atom stereocenters. The summed E-state index contributed by atoms with van der Waals surface area (Å²) in [6.45, 7) is 2.32. The molecule has 3 heteroatoms. The summed E-state index contributed by atoms with van der Waals surface area (Å²) in [5.74, 6) is -0.0170. The van der Waals surface area contributed by atoms with Crippen LogP contribution in [-0.4, -0.2) is 24.4 Å². The fourth-order valence-electron chi connectivity index (χ4n) is 1.64. The number of carbonyl (C=O) groups is 1. The van der Waals surface area contributed by atoms with E-state index in [1.165, 1.54) is 5.56 Å². The van der Waals surface area contributed by atoms with Crippen molar-refractivity contribution in [3.8, 4) is 6.07 Å². The Morgan fingerprint density at radius 1 is 1.41 bits per heavy atom. The molecule has 0 N–H and O–H groups in total. The van der Waals surface area contributed by atoms with Gasteiger partial charge in [-0.2, -0.15) is 5.26 Å². The van der Waals surface area contributed by atoms with Crippen LogP contribution in [0.1, 0.15) is 18.9 Å². The van der Waals surface area contributed by atoms with Crippen LogP contribution in [0.3, 0.4) is 0 Å². The molecule has 1 aromatic rings. The van der Waals surface area contributed by atoms with Crippen LogP contribution in [0, 0.1) is 17.2 Å². The van der Waals surface area contributed by atoms with Gasteiger partial charge in [-0.3, -0.25) is 4.79 Å². The Balaban J connectivity index is 2.37.